The van der Waals surface area contributed by atoms with Crippen molar-refractivity contribution in [2.75, 3.05) is 0 Å². The van der Waals surface area contributed by atoms with Gasteiger partial charge in [-0.2, -0.15) is 0 Å². The molecule has 0 amide bonds. The van der Waals surface area contributed by atoms with Crippen molar-refractivity contribution in [1.29, 1.82) is 0 Å². The second-order valence-electron chi connectivity index (χ2n) is 2.71. The quantitative estimate of drug-likeness (QED) is 0.609. The van der Waals surface area contributed by atoms with Crippen LogP contribution in [0.25, 0.3) is 11.0 Å². The molecule has 0 spiro atoms. The minimum absolute atomic E-state index is 0.258. The van der Waals surface area contributed by atoms with E-state index in [9.17, 15) is 4.79 Å². The lowest BCUT2D eigenvalue weighted by atomic mass is 10.4. The summed E-state index contributed by atoms with van der Waals surface area (Å²) in [5.74, 6) is 0. The molecule has 0 aromatic carbocycles. The number of fused-ring (bicyclic) bond motifs is 1. The average molecular weight is 196 g/mol. The summed E-state index contributed by atoms with van der Waals surface area (Å²) in [6, 6.07) is 0. The molecule has 2 aromatic rings. The summed E-state index contributed by atoms with van der Waals surface area (Å²) in [6.07, 6.45) is 2.59. The monoisotopic (exact) mass is 196 g/mol. The second-order valence-corrected chi connectivity index (χ2v) is 2.71. The van der Waals surface area contributed by atoms with E-state index in [1.54, 1.807) is 0 Å². The maximum absolute atomic E-state index is 11.5. The Kier molecular flexibility index (Phi) is 2.02. The molecule has 0 saturated heterocycles. The van der Waals surface area contributed by atoms with Gasteiger partial charge in [0.25, 0.3) is 5.56 Å². The van der Waals surface area contributed by atoms with Crippen LogP contribution in [0.2, 0.25) is 0 Å². The maximum Gasteiger partial charge on any atom is 0.266 e. The zero-order valence-corrected chi connectivity index (χ0v) is 7.16. The molecule has 7 nitrogen and oxygen atoms in total. The Bertz CT molecular complexity index is 515. The smallest absolute Gasteiger partial charge is 0.266 e. The van der Waals surface area contributed by atoms with Crippen LogP contribution in [-0.2, 0) is 13.5 Å². The van der Waals surface area contributed by atoms with E-state index in [1.807, 2.05) is 0 Å². The van der Waals surface area contributed by atoms with Gasteiger partial charge in [-0.3, -0.25) is 9.36 Å². The number of aliphatic hydroxyl groups excluding tert-OH is 2. The Morgan fingerprint density at radius 1 is 1.36 bits per heavy atom. The van der Waals surface area contributed by atoms with E-state index in [4.69, 9.17) is 10.2 Å². The molecule has 14 heavy (non-hydrogen) atoms. The first-order valence-electron chi connectivity index (χ1n) is 3.90. The Labute approximate surface area is 77.8 Å². The van der Waals surface area contributed by atoms with E-state index in [0.717, 1.165) is 4.57 Å². The van der Waals surface area contributed by atoms with Crippen LogP contribution in [0.4, 0.5) is 0 Å². The van der Waals surface area contributed by atoms with E-state index in [-0.39, 0.29) is 23.3 Å². The molecule has 0 unspecified atom stereocenters. The fourth-order valence-corrected chi connectivity index (χ4v) is 1.16. The van der Waals surface area contributed by atoms with Crippen molar-refractivity contribution in [2.24, 2.45) is 0 Å². The first-order valence-corrected chi connectivity index (χ1v) is 3.90. The normalized spacial score (nSPS) is 11.0. The molecule has 74 valence electrons. The van der Waals surface area contributed by atoms with Gasteiger partial charge in [-0.05, 0) is 0 Å². The van der Waals surface area contributed by atoms with Crippen LogP contribution in [0.3, 0.4) is 0 Å². The minimum atomic E-state index is -0.425. The Balaban J connectivity index is 2.75. The molecule has 2 N–H and O–H groups in total. The van der Waals surface area contributed by atoms with Crippen LogP contribution in [-0.4, -0.2) is 29.5 Å². The van der Waals surface area contributed by atoms with Crippen molar-refractivity contribution >= 4 is 11.0 Å². The number of hydrogen-bond donors (Lipinski definition) is 2. The molecule has 0 aliphatic heterocycles. The molecule has 2 heterocycles. The van der Waals surface area contributed by atoms with Gasteiger partial charge < -0.3 is 10.2 Å². The number of aromatic nitrogens is 4. The molecule has 0 bridgehead atoms. The van der Waals surface area contributed by atoms with E-state index >= 15 is 0 Å². The summed E-state index contributed by atoms with van der Waals surface area (Å²) in [6.45, 7) is -0.735. The van der Waals surface area contributed by atoms with Crippen LogP contribution < -0.4 is 5.56 Å². The summed E-state index contributed by atoms with van der Waals surface area (Å²) in [5.41, 5.74) is -0.119. The number of aliphatic hydroxyl groups is 2. The molecule has 0 fully saturated rings. The van der Waals surface area contributed by atoms with Gasteiger partial charge in [0.15, 0.2) is 5.65 Å². The Morgan fingerprint density at radius 3 is 2.79 bits per heavy atom. The SMILES string of the molecule is O=c1c2cn(CO)nc2ncn1CO. The van der Waals surface area contributed by atoms with Gasteiger partial charge in [0.2, 0.25) is 0 Å². The predicted molar refractivity (Wildman–Crippen MR) is 46.2 cm³/mol. The van der Waals surface area contributed by atoms with Crippen LogP contribution in [0, 0.1) is 0 Å². The number of hydrogen-bond acceptors (Lipinski definition) is 5. The van der Waals surface area contributed by atoms with E-state index in [2.05, 4.69) is 10.1 Å². The van der Waals surface area contributed by atoms with Gasteiger partial charge in [0.1, 0.15) is 25.2 Å². The number of rotatable bonds is 2. The second kappa shape index (κ2) is 3.20. The highest BCUT2D eigenvalue weighted by Gasteiger charge is 2.07. The van der Waals surface area contributed by atoms with Gasteiger partial charge in [-0.15, -0.1) is 5.10 Å². The zero-order chi connectivity index (χ0) is 10.1. The van der Waals surface area contributed by atoms with Crippen molar-refractivity contribution in [2.45, 2.75) is 13.5 Å². The van der Waals surface area contributed by atoms with Crippen LogP contribution in [0.15, 0.2) is 17.3 Å². The number of nitrogens with zero attached hydrogens (tertiary/aromatic N) is 4. The molecular formula is C7H8N4O3. The van der Waals surface area contributed by atoms with E-state index in [1.165, 1.54) is 17.2 Å². The van der Waals surface area contributed by atoms with Gasteiger partial charge >= 0.3 is 0 Å². The molecule has 2 aromatic heterocycles. The third-order valence-corrected chi connectivity index (χ3v) is 1.85. The standard InChI is InChI=1S/C7H8N4O3/c12-3-10-2-8-6-5(7(10)14)1-11(4-13)9-6/h1-2,12-13H,3-4H2. The molecule has 2 rings (SSSR count). The molecule has 0 radical (unpaired) electrons. The molecule has 0 saturated carbocycles. The van der Waals surface area contributed by atoms with Crippen LogP contribution in [0.1, 0.15) is 0 Å². The van der Waals surface area contributed by atoms with Crippen LogP contribution >= 0.6 is 0 Å². The highest BCUT2D eigenvalue weighted by atomic mass is 16.3. The fourth-order valence-electron chi connectivity index (χ4n) is 1.16. The van der Waals surface area contributed by atoms with E-state index in [0.29, 0.717) is 0 Å². The summed E-state index contributed by atoms with van der Waals surface area (Å²) >= 11 is 0. The van der Waals surface area contributed by atoms with Gasteiger partial charge in [0.05, 0.1) is 0 Å². The first kappa shape index (κ1) is 8.85. The molecule has 0 aliphatic rings. The third kappa shape index (κ3) is 1.19. The highest BCUT2D eigenvalue weighted by Crippen LogP contribution is 2.02. The lowest BCUT2D eigenvalue weighted by molar-refractivity contribution is 0.196. The molecule has 0 atom stereocenters. The largest absolute Gasteiger partial charge is 0.376 e. The van der Waals surface area contributed by atoms with Gasteiger partial charge in [-0.25, -0.2) is 9.67 Å². The molecular weight excluding hydrogens is 188 g/mol. The highest BCUT2D eigenvalue weighted by molar-refractivity contribution is 5.72. The summed E-state index contributed by atoms with van der Waals surface area (Å²) in [7, 11) is 0. The fraction of sp³-hybridized carbons (Fsp3) is 0.286. The maximum atomic E-state index is 11.5. The van der Waals surface area contributed by atoms with Crippen molar-refractivity contribution < 1.29 is 10.2 Å². The lowest BCUT2D eigenvalue weighted by Gasteiger charge is -1.96. The summed E-state index contributed by atoms with van der Waals surface area (Å²) in [5, 5.41) is 21.7. The van der Waals surface area contributed by atoms with Gasteiger partial charge in [0, 0.05) is 6.20 Å². The first-order chi connectivity index (χ1) is 6.76. The summed E-state index contributed by atoms with van der Waals surface area (Å²) < 4.78 is 2.24. The van der Waals surface area contributed by atoms with Gasteiger partial charge in [-0.1, -0.05) is 0 Å². The minimum Gasteiger partial charge on any atom is -0.376 e. The third-order valence-electron chi connectivity index (χ3n) is 1.85. The zero-order valence-electron chi connectivity index (χ0n) is 7.16. The van der Waals surface area contributed by atoms with Crippen molar-refractivity contribution in [1.82, 2.24) is 19.3 Å². The van der Waals surface area contributed by atoms with Crippen molar-refractivity contribution in [3.05, 3.63) is 22.9 Å². The lowest BCUT2D eigenvalue weighted by Crippen LogP contribution is -2.19. The Morgan fingerprint density at radius 2 is 2.14 bits per heavy atom. The van der Waals surface area contributed by atoms with Crippen molar-refractivity contribution in [3.8, 4) is 0 Å². The Hall–Kier alpha value is -1.73. The predicted octanol–water partition coefficient (Wildman–Crippen LogP) is -1.51. The van der Waals surface area contributed by atoms with E-state index < -0.39 is 6.73 Å². The van der Waals surface area contributed by atoms with Crippen LogP contribution in [0.5, 0.6) is 0 Å². The topological polar surface area (TPSA) is 93.2 Å². The molecule has 7 heteroatoms. The molecule has 0 aliphatic carbocycles. The summed E-state index contributed by atoms with van der Waals surface area (Å²) in [4.78, 5) is 15.4. The van der Waals surface area contributed by atoms with Crippen molar-refractivity contribution in [3.63, 3.8) is 0 Å². The average Bonchev–Trinajstić information content (AvgIpc) is 2.62.